The molecule has 9 heteroatoms. The van der Waals surface area contributed by atoms with Crippen LogP contribution in [0.4, 0.5) is 0 Å². The number of thioether (sulfide) groups is 1. The van der Waals surface area contributed by atoms with Gasteiger partial charge in [-0.1, -0.05) is 17.8 Å². The van der Waals surface area contributed by atoms with Gasteiger partial charge in [0.25, 0.3) is 5.91 Å². The quantitative estimate of drug-likeness (QED) is 0.377. The van der Waals surface area contributed by atoms with E-state index in [4.69, 9.17) is 21.7 Å². The summed E-state index contributed by atoms with van der Waals surface area (Å²) in [6.45, 7) is 4.46. The fourth-order valence-electron chi connectivity index (χ4n) is 2.61. The molecule has 1 aliphatic rings. The average Bonchev–Trinajstić information content (AvgIpc) is 2.98. The van der Waals surface area contributed by atoms with Crippen LogP contribution in [0.2, 0.25) is 0 Å². The Morgan fingerprint density at radius 1 is 1.03 bits per heavy atom. The molecule has 2 aromatic rings. The van der Waals surface area contributed by atoms with Crippen molar-refractivity contribution in [3.05, 3.63) is 52.4 Å². The number of hydrogen-bond acceptors (Lipinski definition) is 8. The molecule has 0 aliphatic carbocycles. The Kier molecular flexibility index (Phi) is 6.96. The Morgan fingerprint density at radius 2 is 1.60 bits per heavy atom. The second-order valence-electron chi connectivity index (χ2n) is 6.06. The van der Waals surface area contributed by atoms with Gasteiger partial charge in [-0.25, -0.2) is 0 Å². The zero-order valence-corrected chi connectivity index (χ0v) is 18.0. The average molecular weight is 445 g/mol. The minimum Gasteiger partial charge on any atom is -0.504 e. The lowest BCUT2D eigenvalue weighted by molar-refractivity contribution is -0.122. The van der Waals surface area contributed by atoms with Gasteiger partial charge in [0, 0.05) is 0 Å². The summed E-state index contributed by atoms with van der Waals surface area (Å²) in [5, 5.41) is 24.9. The second-order valence-corrected chi connectivity index (χ2v) is 7.73. The van der Waals surface area contributed by atoms with Crippen LogP contribution < -0.4 is 9.47 Å². The monoisotopic (exact) mass is 444 g/mol. The van der Waals surface area contributed by atoms with E-state index in [1.54, 1.807) is 30.3 Å². The highest BCUT2D eigenvalue weighted by molar-refractivity contribution is 8.26. The van der Waals surface area contributed by atoms with E-state index >= 15 is 0 Å². The Bertz CT molecular complexity index is 1040. The van der Waals surface area contributed by atoms with Gasteiger partial charge in [0.05, 0.1) is 24.3 Å². The molecule has 3 rings (SSSR count). The maximum atomic E-state index is 12.7. The van der Waals surface area contributed by atoms with Gasteiger partial charge in [-0.05, 0) is 73.6 Å². The number of aromatic hydroxyl groups is 2. The molecule has 2 aromatic carbocycles. The summed E-state index contributed by atoms with van der Waals surface area (Å²) < 4.78 is 11.0. The van der Waals surface area contributed by atoms with Crippen LogP contribution in [0.1, 0.15) is 25.0 Å². The molecule has 1 aliphatic heterocycles. The third-order valence-electron chi connectivity index (χ3n) is 3.96. The van der Waals surface area contributed by atoms with E-state index in [2.05, 4.69) is 5.10 Å². The molecule has 2 N–H and O–H groups in total. The van der Waals surface area contributed by atoms with Crippen molar-refractivity contribution in [3.63, 3.8) is 0 Å². The smallest absolute Gasteiger partial charge is 0.286 e. The first-order chi connectivity index (χ1) is 14.4. The van der Waals surface area contributed by atoms with Gasteiger partial charge in [0.2, 0.25) is 0 Å². The molecule has 156 valence electrons. The first-order valence-electron chi connectivity index (χ1n) is 9.16. The lowest BCUT2D eigenvalue weighted by Gasteiger charge is -2.08. The van der Waals surface area contributed by atoms with E-state index in [-0.39, 0.29) is 17.4 Å². The summed E-state index contributed by atoms with van der Waals surface area (Å²) in [6.07, 6.45) is 3.15. The minimum atomic E-state index is -0.351. The first-order valence-corrected chi connectivity index (χ1v) is 10.4. The fourth-order valence-corrected chi connectivity index (χ4v) is 3.78. The predicted molar refractivity (Wildman–Crippen MR) is 121 cm³/mol. The van der Waals surface area contributed by atoms with Gasteiger partial charge in [-0.3, -0.25) is 4.79 Å². The summed E-state index contributed by atoms with van der Waals surface area (Å²) >= 11 is 6.42. The van der Waals surface area contributed by atoms with Crippen LogP contribution in [0.15, 0.2) is 46.4 Å². The number of carbonyl (C=O) groups excluding carboxylic acids is 1. The minimum absolute atomic E-state index is 0.0304. The molecule has 7 nitrogen and oxygen atoms in total. The molecule has 0 spiro atoms. The van der Waals surface area contributed by atoms with Crippen molar-refractivity contribution in [1.82, 2.24) is 5.01 Å². The zero-order valence-electron chi connectivity index (χ0n) is 16.4. The summed E-state index contributed by atoms with van der Waals surface area (Å²) in [6, 6.07) is 9.62. The van der Waals surface area contributed by atoms with E-state index in [1.807, 2.05) is 13.8 Å². The summed E-state index contributed by atoms with van der Waals surface area (Å²) in [7, 11) is 0. The van der Waals surface area contributed by atoms with E-state index in [0.717, 1.165) is 16.8 Å². The van der Waals surface area contributed by atoms with Gasteiger partial charge >= 0.3 is 0 Å². The Balaban J connectivity index is 1.80. The van der Waals surface area contributed by atoms with Crippen LogP contribution in [0.25, 0.3) is 6.08 Å². The molecule has 0 saturated carbocycles. The normalized spacial score (nSPS) is 15.4. The lowest BCUT2D eigenvalue weighted by Crippen LogP contribution is -2.22. The predicted octanol–water partition coefficient (Wildman–Crippen LogP) is 4.13. The van der Waals surface area contributed by atoms with E-state index < -0.39 is 0 Å². The van der Waals surface area contributed by atoms with Crippen molar-refractivity contribution < 1.29 is 24.5 Å². The fraction of sp³-hybridized carbons (Fsp3) is 0.190. The van der Waals surface area contributed by atoms with Crippen LogP contribution >= 0.6 is 24.0 Å². The number of benzene rings is 2. The first kappa shape index (κ1) is 21.7. The molecule has 1 heterocycles. The third kappa shape index (κ3) is 4.92. The molecule has 0 atom stereocenters. The van der Waals surface area contributed by atoms with Crippen LogP contribution in [-0.4, -0.2) is 44.9 Å². The van der Waals surface area contributed by atoms with Gasteiger partial charge in [-0.2, -0.15) is 10.1 Å². The highest BCUT2D eigenvalue weighted by Gasteiger charge is 2.32. The topological polar surface area (TPSA) is 91.6 Å². The number of nitrogens with zero attached hydrogens (tertiary/aromatic N) is 2. The molecule has 0 radical (unpaired) electrons. The highest BCUT2D eigenvalue weighted by Crippen LogP contribution is 2.35. The van der Waals surface area contributed by atoms with Crippen LogP contribution in [-0.2, 0) is 4.79 Å². The molecule has 30 heavy (non-hydrogen) atoms. The summed E-state index contributed by atoms with van der Waals surface area (Å²) in [4.78, 5) is 13.1. The van der Waals surface area contributed by atoms with Gasteiger partial charge in [0.15, 0.2) is 27.3 Å². The van der Waals surface area contributed by atoms with E-state index in [9.17, 15) is 15.0 Å². The SMILES string of the molecule is CCOc1cc(/C=N\N2C(=O)/C(=C/c3ccc(O)c(OCC)c3)SC2=S)ccc1O. The number of rotatable bonds is 7. The number of phenols is 2. The molecule has 0 aromatic heterocycles. The maximum absolute atomic E-state index is 12.7. The van der Waals surface area contributed by atoms with Gasteiger partial charge in [-0.15, -0.1) is 0 Å². The number of phenolic OH excluding ortho intramolecular Hbond substituents is 2. The highest BCUT2D eigenvalue weighted by atomic mass is 32.2. The summed E-state index contributed by atoms with van der Waals surface area (Å²) in [5.41, 5.74) is 1.34. The number of carbonyl (C=O) groups is 1. The largest absolute Gasteiger partial charge is 0.504 e. The van der Waals surface area contributed by atoms with Crippen LogP contribution in [0.3, 0.4) is 0 Å². The molecule has 1 amide bonds. The number of amides is 1. The number of hydrazone groups is 1. The van der Waals surface area contributed by atoms with Crippen molar-refractivity contribution in [2.24, 2.45) is 5.10 Å². The second kappa shape index (κ2) is 9.64. The molecular weight excluding hydrogens is 424 g/mol. The molecule has 1 saturated heterocycles. The molecule has 1 fully saturated rings. The Labute approximate surface area is 183 Å². The summed E-state index contributed by atoms with van der Waals surface area (Å²) in [5.74, 6) is 0.395. The van der Waals surface area contributed by atoms with E-state index in [1.165, 1.54) is 18.3 Å². The van der Waals surface area contributed by atoms with Gasteiger partial charge in [0.1, 0.15) is 0 Å². The third-order valence-corrected chi connectivity index (χ3v) is 5.24. The number of ether oxygens (including phenoxy) is 2. The molecular formula is C21H20N2O5S2. The van der Waals surface area contributed by atoms with Crippen molar-refractivity contribution in [1.29, 1.82) is 0 Å². The zero-order chi connectivity index (χ0) is 21.7. The maximum Gasteiger partial charge on any atom is 0.286 e. The number of hydrogen-bond donors (Lipinski definition) is 2. The molecule has 0 bridgehead atoms. The number of thiocarbonyl (C=S) groups is 1. The van der Waals surface area contributed by atoms with E-state index in [0.29, 0.717) is 45.1 Å². The van der Waals surface area contributed by atoms with Crippen molar-refractivity contribution in [2.75, 3.05) is 13.2 Å². The van der Waals surface area contributed by atoms with Crippen molar-refractivity contribution >= 4 is 46.5 Å². The molecule has 0 unspecified atom stereocenters. The standard InChI is InChI=1S/C21H20N2O5S2/c1-3-27-17-9-13(5-7-15(17)24)11-19-20(26)23(21(29)30-19)22-12-14-6-8-16(25)18(10-14)28-4-2/h5-12,24-25H,3-4H2,1-2H3/b19-11-,22-12-. The van der Waals surface area contributed by atoms with Crippen LogP contribution in [0.5, 0.6) is 23.0 Å². The lowest BCUT2D eigenvalue weighted by atomic mass is 10.2. The Morgan fingerprint density at radius 3 is 2.20 bits per heavy atom. The van der Waals surface area contributed by atoms with Gasteiger partial charge < -0.3 is 19.7 Å². The Hall–Kier alpha value is -3.04. The van der Waals surface area contributed by atoms with Crippen molar-refractivity contribution in [3.8, 4) is 23.0 Å². The van der Waals surface area contributed by atoms with Crippen molar-refractivity contribution in [2.45, 2.75) is 13.8 Å². The van der Waals surface area contributed by atoms with Crippen LogP contribution in [0, 0.1) is 0 Å².